The predicted octanol–water partition coefficient (Wildman–Crippen LogP) is 5.45. The Bertz CT molecular complexity index is 1120. The van der Waals surface area contributed by atoms with Gasteiger partial charge in [-0.1, -0.05) is 65.7 Å². The summed E-state index contributed by atoms with van der Waals surface area (Å²) in [6.45, 7) is 0.298. The van der Waals surface area contributed by atoms with Crippen LogP contribution in [-0.2, 0) is 4.79 Å². The summed E-state index contributed by atoms with van der Waals surface area (Å²) in [5.41, 5.74) is 4.84. The van der Waals surface area contributed by atoms with Gasteiger partial charge in [-0.05, 0) is 42.3 Å². The molecule has 0 saturated heterocycles. The second-order valence-corrected chi connectivity index (χ2v) is 8.08. The van der Waals surface area contributed by atoms with Gasteiger partial charge in [0.1, 0.15) is 11.9 Å². The number of halogens is 2. The Labute approximate surface area is 196 Å². The van der Waals surface area contributed by atoms with E-state index in [-0.39, 0.29) is 18.2 Å². The molecule has 1 unspecified atom stereocenters. The molecule has 4 rings (SSSR count). The van der Waals surface area contributed by atoms with E-state index in [2.05, 4.69) is 10.7 Å². The van der Waals surface area contributed by atoms with Gasteiger partial charge in [0.15, 0.2) is 0 Å². The molecule has 0 saturated carbocycles. The van der Waals surface area contributed by atoms with Gasteiger partial charge < -0.3 is 10.1 Å². The number of para-hydroxylation sites is 1. The summed E-state index contributed by atoms with van der Waals surface area (Å²) >= 11 is 12.0. The molecule has 3 aromatic carbocycles. The molecule has 0 fully saturated rings. The van der Waals surface area contributed by atoms with Gasteiger partial charge in [0, 0.05) is 17.1 Å². The van der Waals surface area contributed by atoms with Crippen molar-refractivity contribution < 1.29 is 14.3 Å². The average molecular weight is 470 g/mol. The van der Waals surface area contributed by atoms with E-state index in [0.29, 0.717) is 34.4 Å². The Hall–Kier alpha value is -3.22. The van der Waals surface area contributed by atoms with Crippen molar-refractivity contribution in [3.8, 4) is 5.75 Å². The van der Waals surface area contributed by atoms with Crippen molar-refractivity contribution in [3.63, 3.8) is 0 Å². The van der Waals surface area contributed by atoms with Crippen molar-refractivity contribution in [2.75, 3.05) is 11.9 Å². The van der Waals surface area contributed by atoms with Gasteiger partial charge in [-0.25, -0.2) is 5.01 Å². The molecular formula is C24H21Cl2N3O3. The van der Waals surface area contributed by atoms with Gasteiger partial charge >= 0.3 is 0 Å². The van der Waals surface area contributed by atoms with E-state index in [9.17, 15) is 9.59 Å². The lowest BCUT2D eigenvalue weighted by molar-refractivity contribution is -0.126. The standard InChI is InChI=1S/C24H21Cl2N3O3/c25-17-12-13-21(19(26)15-17)32-14-6-11-22(30)28-29-23(16-7-2-1-3-8-16)27-20-10-5-4-9-18(20)24(29)31/h1-5,7-10,12-13,15,23,27H,6,11,14H2,(H,28,30). The zero-order chi connectivity index (χ0) is 22.5. The first kappa shape index (κ1) is 22.0. The molecule has 0 aromatic heterocycles. The van der Waals surface area contributed by atoms with Crippen LogP contribution in [0.15, 0.2) is 72.8 Å². The number of benzene rings is 3. The number of hydrogen-bond donors (Lipinski definition) is 2. The normalized spacial score (nSPS) is 15.0. The molecule has 0 spiro atoms. The first-order valence-electron chi connectivity index (χ1n) is 10.1. The third-order valence-corrected chi connectivity index (χ3v) is 5.52. The number of carbonyl (C=O) groups excluding carboxylic acids is 2. The van der Waals surface area contributed by atoms with E-state index < -0.39 is 6.17 Å². The van der Waals surface area contributed by atoms with Gasteiger partial charge in [-0.15, -0.1) is 0 Å². The van der Waals surface area contributed by atoms with Crippen LogP contribution in [0.1, 0.15) is 34.9 Å². The second kappa shape index (κ2) is 9.94. The minimum atomic E-state index is -0.522. The second-order valence-electron chi connectivity index (χ2n) is 7.24. The van der Waals surface area contributed by atoms with Gasteiger partial charge in [0.05, 0.1) is 17.2 Å². The number of hydrogen-bond acceptors (Lipinski definition) is 4. The molecule has 3 aromatic rings. The Morgan fingerprint density at radius 3 is 2.56 bits per heavy atom. The van der Waals surface area contributed by atoms with E-state index in [4.69, 9.17) is 27.9 Å². The molecule has 32 heavy (non-hydrogen) atoms. The number of hydrazine groups is 1. The third kappa shape index (κ3) is 4.98. The molecular weight excluding hydrogens is 449 g/mol. The van der Waals surface area contributed by atoms with Crippen LogP contribution in [0.25, 0.3) is 0 Å². The van der Waals surface area contributed by atoms with Crippen LogP contribution in [0.2, 0.25) is 10.0 Å². The summed E-state index contributed by atoms with van der Waals surface area (Å²) in [6, 6.07) is 21.7. The minimum absolute atomic E-state index is 0.179. The molecule has 0 radical (unpaired) electrons. The van der Waals surface area contributed by atoms with Crippen LogP contribution in [0.5, 0.6) is 5.75 Å². The van der Waals surface area contributed by atoms with Crippen molar-refractivity contribution in [2.45, 2.75) is 19.0 Å². The first-order valence-corrected chi connectivity index (χ1v) is 10.9. The smallest absolute Gasteiger partial charge is 0.276 e. The predicted molar refractivity (Wildman–Crippen MR) is 125 cm³/mol. The van der Waals surface area contributed by atoms with Crippen LogP contribution < -0.4 is 15.5 Å². The lowest BCUT2D eigenvalue weighted by Crippen LogP contribution is -2.52. The van der Waals surface area contributed by atoms with Gasteiger partial charge in [-0.2, -0.15) is 0 Å². The molecule has 1 aliphatic rings. The Kier molecular flexibility index (Phi) is 6.83. The van der Waals surface area contributed by atoms with Gasteiger partial charge in [-0.3, -0.25) is 15.0 Å². The minimum Gasteiger partial charge on any atom is -0.492 e. The molecule has 1 heterocycles. The maximum Gasteiger partial charge on any atom is 0.276 e. The Morgan fingerprint density at radius 1 is 1.03 bits per heavy atom. The summed E-state index contributed by atoms with van der Waals surface area (Å²) < 4.78 is 5.63. The van der Waals surface area contributed by atoms with Gasteiger partial charge in [0.2, 0.25) is 5.91 Å². The molecule has 6 nitrogen and oxygen atoms in total. The summed E-state index contributed by atoms with van der Waals surface area (Å²) in [5.74, 6) is -0.0513. The summed E-state index contributed by atoms with van der Waals surface area (Å²) in [6.07, 6.45) is 0.108. The highest BCUT2D eigenvalue weighted by Gasteiger charge is 2.34. The molecule has 0 aliphatic carbocycles. The molecule has 8 heteroatoms. The SMILES string of the molecule is O=C(CCCOc1ccc(Cl)cc1Cl)NN1C(=O)c2ccccc2NC1c1ccccc1. The van der Waals surface area contributed by atoms with Crippen LogP contribution in [0.4, 0.5) is 5.69 Å². The monoisotopic (exact) mass is 469 g/mol. The van der Waals surface area contributed by atoms with Crippen LogP contribution in [-0.4, -0.2) is 23.4 Å². The Balaban J connectivity index is 1.40. The zero-order valence-corrected chi connectivity index (χ0v) is 18.6. The highest BCUT2D eigenvalue weighted by Crippen LogP contribution is 2.32. The molecule has 2 N–H and O–H groups in total. The molecule has 0 bridgehead atoms. The van der Waals surface area contributed by atoms with E-state index >= 15 is 0 Å². The van der Waals surface area contributed by atoms with E-state index in [1.807, 2.05) is 42.5 Å². The van der Waals surface area contributed by atoms with E-state index in [1.165, 1.54) is 5.01 Å². The lowest BCUT2D eigenvalue weighted by Gasteiger charge is -2.37. The van der Waals surface area contributed by atoms with Crippen molar-refractivity contribution in [1.29, 1.82) is 0 Å². The third-order valence-electron chi connectivity index (χ3n) is 4.99. The van der Waals surface area contributed by atoms with E-state index in [0.717, 1.165) is 11.3 Å². The number of rotatable bonds is 7. The van der Waals surface area contributed by atoms with E-state index in [1.54, 1.807) is 30.3 Å². The number of nitrogens with zero attached hydrogens (tertiary/aromatic N) is 1. The van der Waals surface area contributed by atoms with Crippen LogP contribution in [0.3, 0.4) is 0 Å². The maximum absolute atomic E-state index is 13.1. The summed E-state index contributed by atoms with van der Waals surface area (Å²) in [4.78, 5) is 25.8. The highest BCUT2D eigenvalue weighted by molar-refractivity contribution is 6.35. The number of amides is 2. The topological polar surface area (TPSA) is 70.7 Å². The zero-order valence-electron chi connectivity index (χ0n) is 17.1. The summed E-state index contributed by atoms with van der Waals surface area (Å²) in [7, 11) is 0. The number of fused-ring (bicyclic) bond motifs is 1. The van der Waals surface area contributed by atoms with Crippen molar-refractivity contribution >= 4 is 40.7 Å². The molecule has 164 valence electrons. The fraction of sp³-hybridized carbons (Fsp3) is 0.167. The molecule has 1 aliphatic heterocycles. The fourth-order valence-electron chi connectivity index (χ4n) is 3.43. The van der Waals surface area contributed by atoms with Crippen molar-refractivity contribution in [1.82, 2.24) is 10.4 Å². The number of anilines is 1. The molecule has 1 atom stereocenters. The highest BCUT2D eigenvalue weighted by atomic mass is 35.5. The summed E-state index contributed by atoms with van der Waals surface area (Å²) in [5, 5.41) is 5.62. The number of carbonyl (C=O) groups is 2. The Morgan fingerprint density at radius 2 is 1.78 bits per heavy atom. The first-order chi connectivity index (χ1) is 15.5. The molecule has 2 amide bonds. The lowest BCUT2D eigenvalue weighted by atomic mass is 10.1. The van der Waals surface area contributed by atoms with Crippen molar-refractivity contribution in [3.05, 3.63) is 94.0 Å². The maximum atomic E-state index is 13.1. The largest absolute Gasteiger partial charge is 0.492 e. The number of nitrogens with one attached hydrogen (secondary N) is 2. The van der Waals surface area contributed by atoms with Crippen LogP contribution in [0, 0.1) is 0 Å². The van der Waals surface area contributed by atoms with Gasteiger partial charge in [0.25, 0.3) is 5.91 Å². The quantitative estimate of drug-likeness (QED) is 0.451. The fourth-order valence-corrected chi connectivity index (χ4v) is 3.90. The average Bonchev–Trinajstić information content (AvgIpc) is 2.80. The van der Waals surface area contributed by atoms with Crippen molar-refractivity contribution in [2.24, 2.45) is 0 Å². The van der Waals surface area contributed by atoms with Crippen LogP contribution >= 0.6 is 23.2 Å². The number of ether oxygens (including phenoxy) is 1.